The average molecular weight is 437 g/mol. The first kappa shape index (κ1) is 22.9. The van der Waals surface area contributed by atoms with Crippen molar-refractivity contribution in [1.29, 1.82) is 0 Å². The van der Waals surface area contributed by atoms with Crippen molar-refractivity contribution in [3.8, 4) is 11.5 Å². The number of likely N-dealkylation sites (N-methyl/N-ethyl adjacent to an activating group) is 1. The lowest BCUT2D eigenvalue weighted by Gasteiger charge is -2.22. The lowest BCUT2D eigenvalue weighted by atomic mass is 10.1. The third kappa shape index (κ3) is 6.36. The first-order valence-electron chi connectivity index (χ1n) is 10.1. The summed E-state index contributed by atoms with van der Waals surface area (Å²) in [6, 6.07) is 17.3. The Bertz CT molecular complexity index is 1020. The SMILES string of the molecule is COc1cccc(NC(=O)COc2ccc(C(=O)NC[C@H](c3ccco3)N(C)C)cc2)c1. The first-order valence-corrected chi connectivity index (χ1v) is 10.1. The zero-order chi connectivity index (χ0) is 22.9. The topological polar surface area (TPSA) is 93.0 Å². The van der Waals surface area contributed by atoms with Crippen LogP contribution in [0.2, 0.25) is 0 Å². The van der Waals surface area contributed by atoms with Gasteiger partial charge in [-0.2, -0.15) is 0 Å². The molecule has 0 unspecified atom stereocenters. The van der Waals surface area contributed by atoms with Gasteiger partial charge in [-0.1, -0.05) is 6.07 Å². The first-order chi connectivity index (χ1) is 15.5. The molecule has 0 spiro atoms. The van der Waals surface area contributed by atoms with E-state index in [1.165, 1.54) is 0 Å². The van der Waals surface area contributed by atoms with Crippen LogP contribution in [-0.4, -0.2) is 51.1 Å². The van der Waals surface area contributed by atoms with Gasteiger partial charge >= 0.3 is 0 Å². The molecule has 32 heavy (non-hydrogen) atoms. The summed E-state index contributed by atoms with van der Waals surface area (Å²) in [6.45, 7) is 0.248. The fourth-order valence-corrected chi connectivity index (χ4v) is 3.06. The molecule has 0 saturated carbocycles. The number of anilines is 1. The highest BCUT2D eigenvalue weighted by Gasteiger charge is 2.18. The van der Waals surface area contributed by atoms with Crippen LogP contribution in [0.4, 0.5) is 5.69 Å². The van der Waals surface area contributed by atoms with Gasteiger partial charge in [0.2, 0.25) is 0 Å². The maximum Gasteiger partial charge on any atom is 0.262 e. The number of nitrogens with zero attached hydrogens (tertiary/aromatic N) is 1. The highest BCUT2D eigenvalue weighted by molar-refractivity contribution is 5.94. The van der Waals surface area contributed by atoms with Gasteiger partial charge in [-0.25, -0.2) is 0 Å². The van der Waals surface area contributed by atoms with Crippen molar-refractivity contribution in [2.24, 2.45) is 0 Å². The molecule has 1 atom stereocenters. The molecule has 168 valence electrons. The maximum atomic E-state index is 12.5. The second-order valence-corrected chi connectivity index (χ2v) is 7.30. The van der Waals surface area contributed by atoms with E-state index in [1.54, 1.807) is 61.9 Å². The number of hydrogen-bond acceptors (Lipinski definition) is 6. The number of carbonyl (C=O) groups excluding carboxylic acids is 2. The second-order valence-electron chi connectivity index (χ2n) is 7.30. The maximum absolute atomic E-state index is 12.5. The number of furan rings is 1. The number of rotatable bonds is 10. The van der Waals surface area contributed by atoms with Crippen molar-refractivity contribution >= 4 is 17.5 Å². The number of hydrogen-bond donors (Lipinski definition) is 2. The molecule has 3 aromatic rings. The molecule has 0 saturated heterocycles. The number of benzene rings is 2. The second kappa shape index (κ2) is 11.0. The fraction of sp³-hybridized carbons (Fsp3) is 0.250. The van der Waals surface area contributed by atoms with Crippen molar-refractivity contribution in [3.63, 3.8) is 0 Å². The third-order valence-corrected chi connectivity index (χ3v) is 4.79. The Labute approximate surface area is 187 Å². The van der Waals surface area contributed by atoms with E-state index >= 15 is 0 Å². The summed E-state index contributed by atoms with van der Waals surface area (Å²) in [5.74, 6) is 1.42. The molecular weight excluding hydrogens is 410 g/mol. The summed E-state index contributed by atoms with van der Waals surface area (Å²) in [5, 5.41) is 5.66. The van der Waals surface area contributed by atoms with E-state index in [0.29, 0.717) is 29.3 Å². The van der Waals surface area contributed by atoms with Gasteiger partial charge in [0.15, 0.2) is 6.61 Å². The van der Waals surface area contributed by atoms with Gasteiger partial charge in [0.05, 0.1) is 19.4 Å². The third-order valence-electron chi connectivity index (χ3n) is 4.79. The van der Waals surface area contributed by atoms with Gasteiger partial charge in [0.1, 0.15) is 17.3 Å². The molecule has 2 aromatic carbocycles. The van der Waals surface area contributed by atoms with E-state index in [0.717, 1.165) is 5.76 Å². The van der Waals surface area contributed by atoms with E-state index in [4.69, 9.17) is 13.9 Å². The number of methoxy groups -OCH3 is 1. The predicted molar refractivity (Wildman–Crippen MR) is 121 cm³/mol. The molecular formula is C24H27N3O5. The van der Waals surface area contributed by atoms with Crippen molar-refractivity contribution in [2.45, 2.75) is 6.04 Å². The molecule has 3 rings (SSSR count). The number of nitrogens with one attached hydrogen (secondary N) is 2. The van der Waals surface area contributed by atoms with Crippen LogP contribution < -0.4 is 20.1 Å². The molecule has 8 heteroatoms. The summed E-state index contributed by atoms with van der Waals surface area (Å²) < 4.78 is 16.1. The predicted octanol–water partition coefficient (Wildman–Crippen LogP) is 3.34. The molecule has 0 aliphatic rings. The quantitative estimate of drug-likeness (QED) is 0.505. The zero-order valence-corrected chi connectivity index (χ0v) is 18.3. The van der Waals surface area contributed by atoms with Crippen molar-refractivity contribution in [3.05, 3.63) is 78.3 Å². The van der Waals surface area contributed by atoms with Gasteiger partial charge in [0.25, 0.3) is 11.8 Å². The van der Waals surface area contributed by atoms with Gasteiger partial charge in [-0.3, -0.25) is 14.5 Å². The molecule has 8 nitrogen and oxygen atoms in total. The molecule has 2 N–H and O–H groups in total. The van der Waals surface area contributed by atoms with Crippen molar-refractivity contribution < 1.29 is 23.5 Å². The Balaban J connectivity index is 1.48. The molecule has 0 fully saturated rings. The molecule has 1 aromatic heterocycles. The van der Waals surface area contributed by atoms with Gasteiger partial charge in [0, 0.05) is 23.9 Å². The molecule has 0 bridgehead atoms. The summed E-state index contributed by atoms with van der Waals surface area (Å²) in [5.41, 5.74) is 1.12. The van der Waals surface area contributed by atoms with Crippen LogP contribution in [0.15, 0.2) is 71.3 Å². The molecule has 0 radical (unpaired) electrons. The van der Waals surface area contributed by atoms with Crippen molar-refractivity contribution in [2.75, 3.05) is 39.7 Å². The van der Waals surface area contributed by atoms with Gasteiger partial charge in [-0.15, -0.1) is 0 Å². The van der Waals surface area contributed by atoms with E-state index < -0.39 is 0 Å². The lowest BCUT2D eigenvalue weighted by molar-refractivity contribution is -0.118. The van der Waals surface area contributed by atoms with Crippen LogP contribution >= 0.6 is 0 Å². The Morgan fingerprint density at radius 1 is 1.03 bits per heavy atom. The Morgan fingerprint density at radius 3 is 2.47 bits per heavy atom. The van der Waals surface area contributed by atoms with E-state index in [2.05, 4.69) is 10.6 Å². The van der Waals surface area contributed by atoms with Gasteiger partial charge < -0.3 is 24.5 Å². The molecule has 1 heterocycles. The summed E-state index contributed by atoms with van der Waals surface area (Å²) in [7, 11) is 5.42. The lowest BCUT2D eigenvalue weighted by Crippen LogP contribution is -2.34. The minimum Gasteiger partial charge on any atom is -0.497 e. The number of carbonyl (C=O) groups is 2. The Morgan fingerprint density at radius 2 is 1.81 bits per heavy atom. The highest BCUT2D eigenvalue weighted by Crippen LogP contribution is 2.19. The zero-order valence-electron chi connectivity index (χ0n) is 18.3. The van der Waals surface area contributed by atoms with E-state index in [1.807, 2.05) is 31.1 Å². The fourth-order valence-electron chi connectivity index (χ4n) is 3.06. The number of ether oxygens (including phenoxy) is 2. The molecule has 2 amide bonds. The van der Waals surface area contributed by atoms with E-state index in [-0.39, 0.29) is 24.5 Å². The average Bonchev–Trinajstić information content (AvgIpc) is 3.32. The standard InChI is InChI=1S/C24H27N3O5/c1-27(2)21(22-8-5-13-31-22)15-25-24(29)17-9-11-19(12-10-17)32-16-23(28)26-18-6-4-7-20(14-18)30-3/h4-14,21H,15-16H2,1-3H3,(H,25,29)(H,26,28)/t21-/m1/s1. The minimum atomic E-state index is -0.298. The van der Waals surface area contributed by atoms with Crippen LogP contribution in [0.25, 0.3) is 0 Å². The van der Waals surface area contributed by atoms with Crippen LogP contribution in [0.1, 0.15) is 22.2 Å². The van der Waals surface area contributed by atoms with Crippen LogP contribution in [0, 0.1) is 0 Å². The monoisotopic (exact) mass is 437 g/mol. The smallest absolute Gasteiger partial charge is 0.262 e. The molecule has 0 aliphatic carbocycles. The van der Waals surface area contributed by atoms with E-state index in [9.17, 15) is 9.59 Å². The van der Waals surface area contributed by atoms with Crippen molar-refractivity contribution in [1.82, 2.24) is 10.2 Å². The minimum absolute atomic E-state index is 0.0698. The van der Waals surface area contributed by atoms with Crippen LogP contribution in [0.3, 0.4) is 0 Å². The highest BCUT2D eigenvalue weighted by atomic mass is 16.5. The summed E-state index contributed by atoms with van der Waals surface area (Å²) >= 11 is 0. The van der Waals surface area contributed by atoms with Gasteiger partial charge in [-0.05, 0) is 62.6 Å². The summed E-state index contributed by atoms with van der Waals surface area (Å²) in [4.78, 5) is 26.6. The largest absolute Gasteiger partial charge is 0.497 e. The molecule has 0 aliphatic heterocycles. The number of amides is 2. The Kier molecular flexibility index (Phi) is 7.88. The van der Waals surface area contributed by atoms with Crippen LogP contribution in [-0.2, 0) is 4.79 Å². The Hall–Kier alpha value is -3.78. The van der Waals surface area contributed by atoms with Crippen LogP contribution in [0.5, 0.6) is 11.5 Å². The summed E-state index contributed by atoms with van der Waals surface area (Å²) in [6.07, 6.45) is 1.61. The normalized spacial score (nSPS) is 11.6.